The molecule has 0 amide bonds. The van der Waals surface area contributed by atoms with E-state index in [0.717, 1.165) is 24.8 Å². The first-order valence-corrected chi connectivity index (χ1v) is 8.70. The maximum Gasteiger partial charge on any atom is 0.0638 e. The second kappa shape index (κ2) is 4.58. The van der Waals surface area contributed by atoms with Crippen LogP contribution in [-0.2, 0) is 13.0 Å². The van der Waals surface area contributed by atoms with Crippen LogP contribution in [0.15, 0.2) is 12.4 Å². The molecular formula is C18H28N2O. The van der Waals surface area contributed by atoms with Crippen LogP contribution in [0.4, 0.5) is 0 Å². The second-order valence-corrected chi connectivity index (χ2v) is 8.56. The summed E-state index contributed by atoms with van der Waals surface area (Å²) >= 11 is 0. The summed E-state index contributed by atoms with van der Waals surface area (Å²) in [5.74, 6) is 1.76. The lowest BCUT2D eigenvalue weighted by atomic mass is 9.43. The van der Waals surface area contributed by atoms with Crippen molar-refractivity contribution in [2.45, 2.75) is 71.4 Å². The second-order valence-electron chi connectivity index (χ2n) is 8.56. The van der Waals surface area contributed by atoms with Gasteiger partial charge in [0.25, 0.3) is 0 Å². The summed E-state index contributed by atoms with van der Waals surface area (Å²) in [6.07, 6.45) is 12.7. The van der Waals surface area contributed by atoms with Gasteiger partial charge in [0.1, 0.15) is 0 Å². The van der Waals surface area contributed by atoms with Crippen LogP contribution in [0, 0.1) is 22.7 Å². The molecule has 1 aromatic heterocycles. The van der Waals surface area contributed by atoms with Gasteiger partial charge in [-0.25, -0.2) is 0 Å². The SMILES string of the molecule is CCn1cc(CC(O)C23CC4CC(CC(C)(C4)C2)C3)cn1. The van der Waals surface area contributed by atoms with Gasteiger partial charge in [-0.2, -0.15) is 5.10 Å². The third-order valence-corrected chi connectivity index (χ3v) is 6.55. The van der Waals surface area contributed by atoms with Gasteiger partial charge in [-0.1, -0.05) is 6.92 Å². The van der Waals surface area contributed by atoms with Crippen molar-refractivity contribution >= 4 is 0 Å². The molecule has 1 N–H and O–H groups in total. The molecule has 0 radical (unpaired) electrons. The summed E-state index contributed by atoms with van der Waals surface area (Å²) < 4.78 is 1.96. The van der Waals surface area contributed by atoms with Crippen LogP contribution >= 0.6 is 0 Å². The molecule has 3 atom stereocenters. The Hall–Kier alpha value is -0.830. The van der Waals surface area contributed by atoms with E-state index in [1.165, 1.54) is 44.1 Å². The first-order valence-electron chi connectivity index (χ1n) is 8.70. The predicted octanol–water partition coefficient (Wildman–Crippen LogP) is 3.41. The molecule has 3 heteroatoms. The molecule has 4 saturated carbocycles. The van der Waals surface area contributed by atoms with Gasteiger partial charge in [0, 0.05) is 19.2 Å². The summed E-state index contributed by atoms with van der Waals surface area (Å²) in [7, 11) is 0. The van der Waals surface area contributed by atoms with Crippen LogP contribution in [0.5, 0.6) is 0 Å². The first kappa shape index (κ1) is 13.8. The number of hydrogen-bond donors (Lipinski definition) is 1. The first-order chi connectivity index (χ1) is 10.0. The van der Waals surface area contributed by atoms with Crippen molar-refractivity contribution in [3.8, 4) is 0 Å². The third kappa shape index (κ3) is 2.25. The molecule has 5 rings (SSSR count). The molecule has 4 fully saturated rings. The van der Waals surface area contributed by atoms with E-state index in [4.69, 9.17) is 0 Å². The van der Waals surface area contributed by atoms with E-state index in [1.807, 2.05) is 10.9 Å². The van der Waals surface area contributed by atoms with Gasteiger partial charge in [-0.05, 0) is 73.7 Å². The zero-order chi connectivity index (χ0) is 14.7. The Morgan fingerprint density at radius 1 is 1.33 bits per heavy atom. The number of rotatable bonds is 4. The minimum Gasteiger partial charge on any atom is -0.392 e. The van der Waals surface area contributed by atoms with Crippen LogP contribution in [0.3, 0.4) is 0 Å². The van der Waals surface area contributed by atoms with E-state index in [9.17, 15) is 5.11 Å². The smallest absolute Gasteiger partial charge is 0.0638 e. The molecule has 0 aliphatic heterocycles. The van der Waals surface area contributed by atoms with E-state index in [0.29, 0.717) is 5.41 Å². The van der Waals surface area contributed by atoms with Crippen molar-refractivity contribution in [3.05, 3.63) is 18.0 Å². The molecule has 4 aliphatic rings. The number of hydrogen-bond acceptors (Lipinski definition) is 2. The zero-order valence-electron chi connectivity index (χ0n) is 13.4. The predicted molar refractivity (Wildman–Crippen MR) is 82.8 cm³/mol. The maximum atomic E-state index is 11.0. The third-order valence-electron chi connectivity index (χ3n) is 6.55. The van der Waals surface area contributed by atoms with E-state index in [1.54, 1.807) is 0 Å². The number of aromatic nitrogens is 2. The standard InChI is InChI=1S/C18H28N2O/c1-3-20-11-15(10-19-20)5-16(21)18-8-13-4-14(9-18)7-17(2,6-13)12-18/h10-11,13-14,16,21H,3-9,12H2,1-2H3. The fourth-order valence-corrected chi connectivity index (χ4v) is 6.31. The van der Waals surface area contributed by atoms with Crippen LogP contribution in [0.2, 0.25) is 0 Å². The lowest BCUT2D eigenvalue weighted by Crippen LogP contribution is -2.55. The highest BCUT2D eigenvalue weighted by Gasteiger charge is 2.58. The molecule has 1 heterocycles. The van der Waals surface area contributed by atoms with Gasteiger partial charge in [0.15, 0.2) is 0 Å². The van der Waals surface area contributed by atoms with Gasteiger partial charge in [-0.3, -0.25) is 4.68 Å². The summed E-state index contributed by atoms with van der Waals surface area (Å²) in [5.41, 5.74) is 1.91. The minimum atomic E-state index is -0.183. The molecular weight excluding hydrogens is 260 g/mol. The molecule has 3 nitrogen and oxygen atoms in total. The Balaban J connectivity index is 1.54. The van der Waals surface area contributed by atoms with Crippen molar-refractivity contribution < 1.29 is 5.11 Å². The largest absolute Gasteiger partial charge is 0.392 e. The monoisotopic (exact) mass is 288 g/mol. The molecule has 0 saturated heterocycles. The molecule has 0 aromatic carbocycles. The highest BCUT2D eigenvalue weighted by Crippen LogP contribution is 2.66. The topological polar surface area (TPSA) is 38.0 Å². The Kier molecular flexibility index (Phi) is 3.01. The number of aryl methyl sites for hydroxylation is 1. The van der Waals surface area contributed by atoms with Gasteiger partial charge >= 0.3 is 0 Å². The van der Waals surface area contributed by atoms with Crippen LogP contribution in [0.25, 0.3) is 0 Å². The quantitative estimate of drug-likeness (QED) is 0.922. The summed E-state index contributed by atoms with van der Waals surface area (Å²) in [4.78, 5) is 0. The average Bonchev–Trinajstić information content (AvgIpc) is 2.83. The molecule has 116 valence electrons. The maximum absolute atomic E-state index is 11.0. The lowest BCUT2D eigenvalue weighted by Gasteiger charge is -2.62. The number of aliphatic hydroxyl groups excluding tert-OH is 1. The molecule has 0 spiro atoms. The van der Waals surface area contributed by atoms with Gasteiger partial charge < -0.3 is 5.11 Å². The fourth-order valence-electron chi connectivity index (χ4n) is 6.31. The molecule has 1 aromatic rings. The van der Waals surface area contributed by atoms with Gasteiger partial charge in [0.2, 0.25) is 0 Å². The van der Waals surface area contributed by atoms with Crippen molar-refractivity contribution in [1.29, 1.82) is 0 Å². The van der Waals surface area contributed by atoms with E-state index < -0.39 is 0 Å². The van der Waals surface area contributed by atoms with Crippen molar-refractivity contribution in [3.63, 3.8) is 0 Å². The van der Waals surface area contributed by atoms with Crippen molar-refractivity contribution in [2.75, 3.05) is 0 Å². The summed E-state index contributed by atoms with van der Waals surface area (Å²) in [5, 5.41) is 15.4. The average molecular weight is 288 g/mol. The molecule has 4 aliphatic carbocycles. The Bertz CT molecular complexity index is 521. The van der Waals surface area contributed by atoms with Crippen molar-refractivity contribution in [1.82, 2.24) is 9.78 Å². The fraction of sp³-hybridized carbons (Fsp3) is 0.833. The van der Waals surface area contributed by atoms with E-state index >= 15 is 0 Å². The zero-order valence-corrected chi connectivity index (χ0v) is 13.4. The Morgan fingerprint density at radius 3 is 2.62 bits per heavy atom. The van der Waals surface area contributed by atoms with Gasteiger partial charge in [0.05, 0.1) is 12.3 Å². The van der Waals surface area contributed by atoms with Crippen molar-refractivity contribution in [2.24, 2.45) is 22.7 Å². The minimum absolute atomic E-state index is 0.183. The molecule has 3 unspecified atom stereocenters. The van der Waals surface area contributed by atoms with E-state index in [2.05, 4.69) is 25.1 Å². The number of aliphatic hydroxyl groups is 1. The van der Waals surface area contributed by atoms with E-state index in [-0.39, 0.29) is 11.5 Å². The molecule has 21 heavy (non-hydrogen) atoms. The Morgan fingerprint density at radius 2 is 2.05 bits per heavy atom. The van der Waals surface area contributed by atoms with Crippen LogP contribution in [0.1, 0.15) is 57.9 Å². The lowest BCUT2D eigenvalue weighted by molar-refractivity contribution is -0.152. The van der Waals surface area contributed by atoms with Gasteiger partial charge in [-0.15, -0.1) is 0 Å². The normalized spacial score (nSPS) is 42.4. The van der Waals surface area contributed by atoms with Crippen LogP contribution < -0.4 is 0 Å². The highest BCUT2D eigenvalue weighted by molar-refractivity contribution is 5.13. The summed E-state index contributed by atoms with van der Waals surface area (Å²) in [6, 6.07) is 0. The highest BCUT2D eigenvalue weighted by atomic mass is 16.3. The Labute approximate surface area is 127 Å². The summed E-state index contributed by atoms with van der Waals surface area (Å²) in [6.45, 7) is 5.48. The molecule has 4 bridgehead atoms. The van der Waals surface area contributed by atoms with Crippen LogP contribution in [-0.4, -0.2) is 21.0 Å². The number of nitrogens with zero attached hydrogens (tertiary/aromatic N) is 2.